The fourth-order valence-electron chi connectivity index (χ4n) is 3.50. The summed E-state index contributed by atoms with van der Waals surface area (Å²) in [7, 11) is 0. The van der Waals surface area contributed by atoms with Gasteiger partial charge in [0.1, 0.15) is 11.5 Å². The number of ether oxygens (including phenoxy) is 1. The van der Waals surface area contributed by atoms with Crippen LogP contribution in [-0.4, -0.2) is 4.98 Å². The minimum atomic E-state index is 0.583. The van der Waals surface area contributed by atoms with E-state index in [1.165, 1.54) is 0 Å². The molecule has 5 aromatic rings. The highest BCUT2D eigenvalue weighted by Crippen LogP contribution is 2.32. The van der Waals surface area contributed by atoms with Crippen LogP contribution in [0, 0.1) is 0 Å². The maximum absolute atomic E-state index is 6.22. The molecule has 1 aromatic heterocycles. The molecule has 0 aliphatic rings. The third kappa shape index (κ3) is 4.58. The molecule has 0 radical (unpaired) electrons. The van der Waals surface area contributed by atoms with Gasteiger partial charge in [0.2, 0.25) is 5.89 Å². The van der Waals surface area contributed by atoms with Gasteiger partial charge in [0.15, 0.2) is 5.76 Å². The molecular formula is C28H20ClNO2. The van der Waals surface area contributed by atoms with Crippen LogP contribution in [0.2, 0.25) is 5.02 Å². The maximum Gasteiger partial charge on any atom is 0.227 e. The summed E-state index contributed by atoms with van der Waals surface area (Å²) >= 11 is 6.04. The number of aromatic nitrogens is 1. The summed E-state index contributed by atoms with van der Waals surface area (Å²) in [4.78, 5) is 4.83. The van der Waals surface area contributed by atoms with Crippen molar-refractivity contribution in [1.82, 2.24) is 4.98 Å². The molecule has 0 atom stereocenters. The van der Waals surface area contributed by atoms with Crippen molar-refractivity contribution < 1.29 is 9.15 Å². The predicted molar refractivity (Wildman–Crippen MR) is 128 cm³/mol. The minimum absolute atomic E-state index is 0.583. The van der Waals surface area contributed by atoms with Crippen molar-refractivity contribution in [3.8, 4) is 34.3 Å². The largest absolute Gasteiger partial charge is 0.457 e. The molecule has 0 saturated heterocycles. The van der Waals surface area contributed by atoms with Crippen LogP contribution < -0.4 is 4.74 Å². The lowest BCUT2D eigenvalue weighted by Gasteiger charge is -2.06. The Morgan fingerprint density at radius 2 is 1.28 bits per heavy atom. The average molecular weight is 438 g/mol. The predicted octanol–water partition coefficient (Wildman–Crippen LogP) is 8.05. The van der Waals surface area contributed by atoms with Gasteiger partial charge in [-0.25, -0.2) is 4.98 Å². The van der Waals surface area contributed by atoms with Crippen LogP contribution in [0.25, 0.3) is 22.8 Å². The molecule has 0 aliphatic carbocycles. The Hall–Kier alpha value is -3.82. The first kappa shape index (κ1) is 20.1. The van der Waals surface area contributed by atoms with E-state index in [1.807, 2.05) is 97.1 Å². The summed E-state index contributed by atoms with van der Waals surface area (Å²) in [5, 5.41) is 0.682. The highest BCUT2D eigenvalue weighted by Gasteiger charge is 2.17. The number of halogens is 1. The number of para-hydroxylation sites is 1. The van der Waals surface area contributed by atoms with Crippen LogP contribution in [-0.2, 0) is 6.42 Å². The van der Waals surface area contributed by atoms with Gasteiger partial charge in [-0.2, -0.15) is 0 Å². The molecule has 3 nitrogen and oxygen atoms in total. The average Bonchev–Trinajstić information content (AvgIpc) is 3.26. The van der Waals surface area contributed by atoms with Crippen LogP contribution in [0.3, 0.4) is 0 Å². The van der Waals surface area contributed by atoms with E-state index in [1.54, 1.807) is 0 Å². The zero-order chi connectivity index (χ0) is 21.8. The molecule has 1 heterocycles. The standard InChI is InChI=1S/C28H20ClNO2/c29-23-15-13-22(14-16-23)28-30-26(27(32-28)21-7-3-1-4-8-21)19-20-11-17-25(18-12-20)31-24-9-5-2-6-10-24/h1-18H,19H2. The fraction of sp³-hybridized carbons (Fsp3) is 0.0357. The molecule has 0 aliphatic heterocycles. The Bertz CT molecular complexity index is 1300. The lowest BCUT2D eigenvalue weighted by atomic mass is 10.1. The summed E-state index contributed by atoms with van der Waals surface area (Å²) in [6.45, 7) is 0. The van der Waals surface area contributed by atoms with E-state index >= 15 is 0 Å². The van der Waals surface area contributed by atoms with E-state index in [-0.39, 0.29) is 0 Å². The maximum atomic E-state index is 6.22. The molecule has 4 aromatic carbocycles. The normalized spacial score (nSPS) is 10.8. The lowest BCUT2D eigenvalue weighted by molar-refractivity contribution is 0.482. The van der Waals surface area contributed by atoms with Crippen LogP contribution in [0.15, 0.2) is 114 Å². The zero-order valence-electron chi connectivity index (χ0n) is 17.2. The second kappa shape index (κ2) is 9.13. The first-order chi connectivity index (χ1) is 15.7. The highest BCUT2D eigenvalue weighted by atomic mass is 35.5. The smallest absolute Gasteiger partial charge is 0.227 e. The monoisotopic (exact) mass is 437 g/mol. The summed E-state index contributed by atoms with van der Waals surface area (Å²) < 4.78 is 12.1. The number of rotatable bonds is 6. The first-order valence-electron chi connectivity index (χ1n) is 10.4. The van der Waals surface area contributed by atoms with Gasteiger partial charge in [-0.3, -0.25) is 0 Å². The molecule has 0 amide bonds. The van der Waals surface area contributed by atoms with Crippen molar-refractivity contribution in [1.29, 1.82) is 0 Å². The third-order valence-electron chi connectivity index (χ3n) is 5.10. The molecule has 32 heavy (non-hydrogen) atoms. The van der Waals surface area contributed by atoms with Gasteiger partial charge in [0.05, 0.1) is 5.69 Å². The third-order valence-corrected chi connectivity index (χ3v) is 5.35. The van der Waals surface area contributed by atoms with Crippen molar-refractivity contribution in [3.63, 3.8) is 0 Å². The molecule has 4 heteroatoms. The molecule has 0 spiro atoms. The number of hydrogen-bond donors (Lipinski definition) is 0. The molecular weight excluding hydrogens is 418 g/mol. The Labute approximate surface area is 191 Å². The topological polar surface area (TPSA) is 35.3 Å². The van der Waals surface area contributed by atoms with Gasteiger partial charge >= 0.3 is 0 Å². The quantitative estimate of drug-likeness (QED) is 0.269. The Morgan fingerprint density at radius 3 is 1.97 bits per heavy atom. The van der Waals surface area contributed by atoms with Gasteiger partial charge in [-0.15, -0.1) is 0 Å². The Balaban J connectivity index is 1.43. The SMILES string of the molecule is Clc1ccc(-c2nc(Cc3ccc(Oc4ccccc4)cc3)c(-c3ccccc3)o2)cc1. The van der Waals surface area contributed by atoms with Crippen molar-refractivity contribution in [3.05, 3.63) is 125 Å². The van der Waals surface area contributed by atoms with E-state index in [0.29, 0.717) is 17.3 Å². The number of nitrogens with zero attached hydrogens (tertiary/aromatic N) is 1. The number of hydrogen-bond acceptors (Lipinski definition) is 3. The second-order valence-corrected chi connectivity index (χ2v) is 7.84. The molecule has 0 bridgehead atoms. The van der Waals surface area contributed by atoms with E-state index in [2.05, 4.69) is 12.1 Å². The number of oxazole rings is 1. The zero-order valence-corrected chi connectivity index (χ0v) is 18.0. The highest BCUT2D eigenvalue weighted by molar-refractivity contribution is 6.30. The van der Waals surface area contributed by atoms with Crippen molar-refractivity contribution >= 4 is 11.6 Å². The van der Waals surface area contributed by atoms with Crippen molar-refractivity contribution in [2.24, 2.45) is 0 Å². The van der Waals surface area contributed by atoms with Gasteiger partial charge in [-0.05, 0) is 54.1 Å². The molecule has 0 fully saturated rings. The van der Waals surface area contributed by atoms with Crippen molar-refractivity contribution in [2.45, 2.75) is 6.42 Å². The van der Waals surface area contributed by atoms with Crippen LogP contribution in [0.4, 0.5) is 0 Å². The molecule has 0 N–H and O–H groups in total. The van der Waals surface area contributed by atoms with Crippen molar-refractivity contribution in [2.75, 3.05) is 0 Å². The molecule has 156 valence electrons. The van der Waals surface area contributed by atoms with E-state index in [9.17, 15) is 0 Å². The first-order valence-corrected chi connectivity index (χ1v) is 10.8. The van der Waals surface area contributed by atoms with E-state index in [0.717, 1.165) is 39.6 Å². The number of benzene rings is 4. The van der Waals surface area contributed by atoms with Crippen LogP contribution >= 0.6 is 11.6 Å². The minimum Gasteiger partial charge on any atom is -0.457 e. The van der Waals surface area contributed by atoms with E-state index in [4.69, 9.17) is 25.7 Å². The van der Waals surface area contributed by atoms with Crippen LogP contribution in [0.1, 0.15) is 11.3 Å². The second-order valence-electron chi connectivity index (χ2n) is 7.40. The van der Waals surface area contributed by atoms with Gasteiger partial charge < -0.3 is 9.15 Å². The molecule has 0 saturated carbocycles. The summed E-state index contributed by atoms with van der Waals surface area (Å²) in [6, 6.07) is 35.4. The summed E-state index contributed by atoms with van der Waals surface area (Å²) in [5.41, 5.74) is 3.90. The lowest BCUT2D eigenvalue weighted by Crippen LogP contribution is -1.92. The van der Waals surface area contributed by atoms with Crippen LogP contribution in [0.5, 0.6) is 11.5 Å². The van der Waals surface area contributed by atoms with Gasteiger partial charge in [-0.1, -0.05) is 72.3 Å². The Morgan fingerprint density at radius 1 is 0.656 bits per heavy atom. The fourth-order valence-corrected chi connectivity index (χ4v) is 3.62. The van der Waals surface area contributed by atoms with E-state index < -0.39 is 0 Å². The molecule has 0 unspecified atom stereocenters. The van der Waals surface area contributed by atoms with Gasteiger partial charge in [0, 0.05) is 22.6 Å². The van der Waals surface area contributed by atoms with Gasteiger partial charge in [0.25, 0.3) is 0 Å². The Kier molecular flexibility index (Phi) is 5.73. The summed E-state index contributed by atoms with van der Waals surface area (Å²) in [5.74, 6) is 2.97. The molecule has 5 rings (SSSR count). The summed E-state index contributed by atoms with van der Waals surface area (Å²) in [6.07, 6.45) is 0.646.